The number of unbranched alkanes of at least 4 members (excludes halogenated alkanes) is 1. The van der Waals surface area contributed by atoms with Crippen LogP contribution in [0.1, 0.15) is 38.5 Å². The molecule has 1 N–H and O–H groups in total. The molecule has 7 heteroatoms. The summed E-state index contributed by atoms with van der Waals surface area (Å²) < 4.78 is 40.7. The highest BCUT2D eigenvalue weighted by Crippen LogP contribution is 2.25. The molecule has 0 saturated heterocycles. The summed E-state index contributed by atoms with van der Waals surface area (Å²) in [5.41, 5.74) is 0. The Labute approximate surface area is 114 Å². The zero-order valence-electron chi connectivity index (χ0n) is 10.7. The summed E-state index contributed by atoms with van der Waals surface area (Å²) >= 11 is 1.41. The van der Waals surface area contributed by atoms with E-state index in [1.54, 1.807) is 0 Å². The Morgan fingerprint density at radius 1 is 1.17 bits per heavy atom. The van der Waals surface area contributed by atoms with Crippen molar-refractivity contribution in [1.29, 1.82) is 0 Å². The molecule has 0 aliphatic heterocycles. The van der Waals surface area contributed by atoms with Gasteiger partial charge in [0.1, 0.15) is 0 Å². The molecule has 18 heavy (non-hydrogen) atoms. The van der Waals surface area contributed by atoms with E-state index in [4.69, 9.17) is 13.5 Å². The van der Waals surface area contributed by atoms with Gasteiger partial charge in [0.05, 0.1) is 18.0 Å². The first-order valence-corrected chi connectivity index (χ1v) is 9.03. The van der Waals surface area contributed by atoms with Crippen LogP contribution in [-0.2, 0) is 19.0 Å². The van der Waals surface area contributed by atoms with Crippen LogP contribution >= 0.6 is 12.0 Å². The maximum atomic E-state index is 10.5. The van der Waals surface area contributed by atoms with Gasteiger partial charge in [-0.1, -0.05) is 0 Å². The highest BCUT2D eigenvalue weighted by molar-refractivity contribution is 7.93. The molecular weight excluding hydrogens is 276 g/mol. The van der Waals surface area contributed by atoms with Crippen molar-refractivity contribution in [2.24, 2.45) is 0 Å². The molecule has 0 aromatic carbocycles. The third-order valence-corrected chi connectivity index (χ3v) is 4.27. The van der Waals surface area contributed by atoms with Gasteiger partial charge in [0.25, 0.3) is 10.1 Å². The monoisotopic (exact) mass is 298 g/mol. The Bertz CT molecular complexity index is 309. The van der Waals surface area contributed by atoms with Gasteiger partial charge < -0.3 is 8.92 Å². The fourth-order valence-corrected chi connectivity index (χ4v) is 3.10. The Balaban J connectivity index is 2.01. The van der Waals surface area contributed by atoms with Crippen molar-refractivity contribution in [3.05, 3.63) is 0 Å². The standard InChI is InChI=1S/C11H22O5S2/c1-17-16-11-6-4-10(5-7-11)15-8-2-3-9-18(12,13)14/h10-11H,2-9H2,1H3,(H,12,13,14). The molecule has 1 fully saturated rings. The molecule has 0 aromatic rings. The van der Waals surface area contributed by atoms with Gasteiger partial charge in [-0.05, 0) is 50.6 Å². The van der Waals surface area contributed by atoms with Crippen LogP contribution in [0.25, 0.3) is 0 Å². The van der Waals surface area contributed by atoms with Gasteiger partial charge in [0.2, 0.25) is 0 Å². The van der Waals surface area contributed by atoms with Crippen molar-refractivity contribution < 1.29 is 21.9 Å². The average Bonchev–Trinajstić information content (AvgIpc) is 2.30. The van der Waals surface area contributed by atoms with Gasteiger partial charge in [0, 0.05) is 12.9 Å². The number of ether oxygens (including phenoxy) is 1. The van der Waals surface area contributed by atoms with E-state index in [0.717, 1.165) is 25.7 Å². The smallest absolute Gasteiger partial charge is 0.264 e. The first-order valence-electron chi connectivity index (χ1n) is 6.27. The highest BCUT2D eigenvalue weighted by Gasteiger charge is 2.21. The minimum Gasteiger partial charge on any atom is -0.378 e. The summed E-state index contributed by atoms with van der Waals surface area (Å²) in [7, 11) is -3.82. The topological polar surface area (TPSA) is 72.8 Å². The molecule has 0 heterocycles. The lowest BCUT2D eigenvalue weighted by Crippen LogP contribution is -2.25. The normalized spacial score (nSPS) is 25.2. The lowest BCUT2D eigenvalue weighted by molar-refractivity contribution is 0.00521. The molecule has 0 atom stereocenters. The molecular formula is C11H22O5S2. The zero-order chi connectivity index (χ0) is 13.4. The second-order valence-corrected chi connectivity index (χ2v) is 6.62. The molecule has 0 aromatic heterocycles. The number of hydrogen-bond donors (Lipinski definition) is 1. The lowest BCUT2D eigenvalue weighted by atomic mass is 9.95. The van der Waals surface area contributed by atoms with Crippen LogP contribution in [0.2, 0.25) is 0 Å². The van der Waals surface area contributed by atoms with E-state index in [2.05, 4.69) is 0 Å². The maximum Gasteiger partial charge on any atom is 0.264 e. The van der Waals surface area contributed by atoms with Crippen LogP contribution in [0, 0.1) is 0 Å². The molecule has 0 unspecified atom stereocenters. The molecule has 0 radical (unpaired) electrons. The predicted octanol–water partition coefficient (Wildman–Crippen LogP) is 2.28. The fourth-order valence-electron chi connectivity index (χ4n) is 2.07. The summed E-state index contributed by atoms with van der Waals surface area (Å²) in [6.45, 7) is 0.564. The SMILES string of the molecule is CSOC1CCC(OCCCCS(=O)(=O)O)CC1. The summed E-state index contributed by atoms with van der Waals surface area (Å²) in [5, 5.41) is 0. The van der Waals surface area contributed by atoms with Crippen LogP contribution in [0.3, 0.4) is 0 Å². The summed E-state index contributed by atoms with van der Waals surface area (Å²) in [6.07, 6.45) is 7.72. The second-order valence-electron chi connectivity index (χ2n) is 4.53. The zero-order valence-corrected chi connectivity index (χ0v) is 12.3. The van der Waals surface area contributed by atoms with Crippen molar-refractivity contribution in [2.75, 3.05) is 18.6 Å². The third-order valence-electron chi connectivity index (χ3n) is 3.00. The Hall–Kier alpha value is 0.180. The highest BCUT2D eigenvalue weighted by atomic mass is 32.2. The van der Waals surface area contributed by atoms with E-state index in [9.17, 15) is 8.42 Å². The van der Waals surface area contributed by atoms with Crippen molar-refractivity contribution in [3.8, 4) is 0 Å². The largest absolute Gasteiger partial charge is 0.378 e. The molecule has 1 aliphatic carbocycles. The molecule has 0 bridgehead atoms. The maximum absolute atomic E-state index is 10.5. The molecule has 108 valence electrons. The van der Waals surface area contributed by atoms with Gasteiger partial charge in [-0.15, -0.1) is 0 Å². The van der Waals surface area contributed by atoms with Gasteiger partial charge in [0.15, 0.2) is 0 Å². The van der Waals surface area contributed by atoms with E-state index in [0.29, 0.717) is 25.6 Å². The van der Waals surface area contributed by atoms with Crippen LogP contribution in [0.15, 0.2) is 0 Å². The summed E-state index contributed by atoms with van der Waals surface area (Å²) in [6, 6.07) is 0. The molecule has 1 rings (SSSR count). The number of rotatable bonds is 8. The minimum atomic E-state index is -3.82. The van der Waals surface area contributed by atoms with Gasteiger partial charge in [-0.25, -0.2) is 0 Å². The molecule has 1 aliphatic rings. The quantitative estimate of drug-likeness (QED) is 0.421. The van der Waals surface area contributed by atoms with Crippen LogP contribution in [0.5, 0.6) is 0 Å². The summed E-state index contributed by atoms with van der Waals surface area (Å²) in [4.78, 5) is 0. The van der Waals surface area contributed by atoms with Crippen LogP contribution in [-0.4, -0.2) is 43.8 Å². The third kappa shape index (κ3) is 7.58. The van der Waals surface area contributed by atoms with Gasteiger partial charge >= 0.3 is 0 Å². The Morgan fingerprint density at radius 3 is 2.33 bits per heavy atom. The fraction of sp³-hybridized carbons (Fsp3) is 1.00. The van der Waals surface area contributed by atoms with Gasteiger partial charge in [-0.2, -0.15) is 8.42 Å². The first kappa shape index (κ1) is 16.2. The Kier molecular flexibility index (Phi) is 7.55. The molecule has 0 amide bonds. The Morgan fingerprint density at radius 2 is 1.78 bits per heavy atom. The first-order chi connectivity index (χ1) is 8.51. The van der Waals surface area contributed by atoms with E-state index in [-0.39, 0.29) is 11.9 Å². The van der Waals surface area contributed by atoms with E-state index in [1.807, 2.05) is 6.26 Å². The van der Waals surface area contributed by atoms with E-state index in [1.165, 1.54) is 12.0 Å². The van der Waals surface area contributed by atoms with Crippen molar-refractivity contribution in [1.82, 2.24) is 0 Å². The van der Waals surface area contributed by atoms with E-state index < -0.39 is 10.1 Å². The van der Waals surface area contributed by atoms with Crippen molar-refractivity contribution >= 4 is 22.2 Å². The number of hydrogen-bond acceptors (Lipinski definition) is 5. The minimum absolute atomic E-state index is 0.176. The molecule has 5 nitrogen and oxygen atoms in total. The van der Waals surface area contributed by atoms with Crippen LogP contribution in [0.4, 0.5) is 0 Å². The van der Waals surface area contributed by atoms with E-state index >= 15 is 0 Å². The molecule has 1 saturated carbocycles. The van der Waals surface area contributed by atoms with Crippen molar-refractivity contribution in [3.63, 3.8) is 0 Å². The lowest BCUT2D eigenvalue weighted by Gasteiger charge is -2.27. The van der Waals surface area contributed by atoms with Crippen molar-refractivity contribution in [2.45, 2.75) is 50.7 Å². The van der Waals surface area contributed by atoms with Crippen LogP contribution < -0.4 is 0 Å². The molecule has 0 spiro atoms. The summed E-state index contributed by atoms with van der Waals surface area (Å²) in [5.74, 6) is -0.176. The predicted molar refractivity (Wildman–Crippen MR) is 72.2 cm³/mol. The van der Waals surface area contributed by atoms with Gasteiger partial charge in [-0.3, -0.25) is 4.55 Å². The average molecular weight is 298 g/mol. The second kappa shape index (κ2) is 8.37.